The van der Waals surface area contributed by atoms with Crippen LogP contribution < -0.4 is 0 Å². The molecule has 202 valence electrons. The Morgan fingerprint density at radius 1 is 0.806 bits per heavy atom. The van der Waals surface area contributed by atoms with Crippen LogP contribution in [0.15, 0.2) is 0 Å². The topological polar surface area (TPSA) is 52.6 Å². The molecule has 5 aliphatic carbocycles. The summed E-state index contributed by atoms with van der Waals surface area (Å²) in [5.41, 5.74) is 0.665. The molecule has 6 rings (SSSR count). The molecule has 10 atom stereocenters. The van der Waals surface area contributed by atoms with Crippen LogP contribution in [0.25, 0.3) is 0 Å². The van der Waals surface area contributed by atoms with Crippen LogP contribution in [-0.4, -0.2) is 24.1 Å². The van der Waals surface area contributed by atoms with Crippen molar-refractivity contribution in [2.45, 2.75) is 132 Å². The van der Waals surface area contributed by atoms with Crippen LogP contribution in [0.4, 0.5) is 0 Å². The standard InChI is InChI=1S/C32H50O4/c1-19(33)35-23-12-13-29(6)21(28(23,4)5)11-14-31(8)22(29)10-9-20-24-25-27(2,3)15-17-32(24,26(34)36-25)18-16-30(20,31)7/h20-25H,9-18H2,1-8H3/t20?,21?,22?,23?,24?,25?,29-,30-,31+,32?/m0/s1. The summed E-state index contributed by atoms with van der Waals surface area (Å²) in [4.78, 5) is 25.3. The fourth-order valence-electron chi connectivity index (χ4n) is 12.2. The molecule has 7 unspecified atom stereocenters. The minimum absolute atomic E-state index is 0.00113. The van der Waals surface area contributed by atoms with Gasteiger partial charge < -0.3 is 9.47 Å². The van der Waals surface area contributed by atoms with E-state index in [1.54, 1.807) is 6.92 Å². The Labute approximate surface area is 219 Å². The number of carbonyl (C=O) groups excluding carboxylic acids is 2. The smallest absolute Gasteiger partial charge is 0.312 e. The maximum absolute atomic E-state index is 13.4. The van der Waals surface area contributed by atoms with Crippen molar-refractivity contribution in [3.63, 3.8) is 0 Å². The number of esters is 2. The van der Waals surface area contributed by atoms with Crippen molar-refractivity contribution in [2.75, 3.05) is 0 Å². The third-order valence-electron chi connectivity index (χ3n) is 14.3. The van der Waals surface area contributed by atoms with E-state index >= 15 is 0 Å². The number of carbonyl (C=O) groups is 2. The van der Waals surface area contributed by atoms with E-state index in [4.69, 9.17) is 9.47 Å². The molecular weight excluding hydrogens is 448 g/mol. The molecule has 36 heavy (non-hydrogen) atoms. The van der Waals surface area contributed by atoms with Gasteiger partial charge in [-0.05, 0) is 98.2 Å². The monoisotopic (exact) mass is 498 g/mol. The maximum atomic E-state index is 13.4. The summed E-state index contributed by atoms with van der Waals surface area (Å²) >= 11 is 0. The first kappa shape index (κ1) is 25.2. The summed E-state index contributed by atoms with van der Waals surface area (Å²) in [6, 6.07) is 0. The van der Waals surface area contributed by atoms with Gasteiger partial charge in [0.05, 0.1) is 5.41 Å². The van der Waals surface area contributed by atoms with E-state index in [2.05, 4.69) is 48.5 Å². The zero-order valence-corrected chi connectivity index (χ0v) is 24.2. The van der Waals surface area contributed by atoms with Gasteiger partial charge in [0.25, 0.3) is 0 Å². The molecule has 6 fully saturated rings. The number of hydrogen-bond acceptors (Lipinski definition) is 4. The highest BCUT2D eigenvalue weighted by molar-refractivity contribution is 5.81. The highest BCUT2D eigenvalue weighted by Crippen LogP contribution is 2.78. The van der Waals surface area contributed by atoms with Crippen LogP contribution in [0.5, 0.6) is 0 Å². The van der Waals surface area contributed by atoms with Crippen molar-refractivity contribution >= 4 is 11.9 Å². The molecule has 6 aliphatic rings. The van der Waals surface area contributed by atoms with Gasteiger partial charge in [-0.3, -0.25) is 9.59 Å². The van der Waals surface area contributed by atoms with Gasteiger partial charge in [-0.25, -0.2) is 0 Å². The average Bonchev–Trinajstić information content (AvgIpc) is 3.03. The van der Waals surface area contributed by atoms with Crippen molar-refractivity contribution < 1.29 is 19.1 Å². The van der Waals surface area contributed by atoms with Gasteiger partial charge in [0.15, 0.2) is 0 Å². The quantitative estimate of drug-likeness (QED) is 0.355. The number of hydrogen-bond donors (Lipinski definition) is 0. The minimum atomic E-state index is -0.210. The van der Waals surface area contributed by atoms with Crippen LogP contribution in [0.2, 0.25) is 0 Å². The molecule has 1 heterocycles. The summed E-state index contributed by atoms with van der Waals surface area (Å²) in [5, 5.41) is 0. The molecule has 0 aromatic heterocycles. The Morgan fingerprint density at radius 2 is 1.50 bits per heavy atom. The molecule has 0 spiro atoms. The van der Waals surface area contributed by atoms with Crippen LogP contribution in [0.1, 0.15) is 120 Å². The van der Waals surface area contributed by atoms with Crippen LogP contribution in [0.3, 0.4) is 0 Å². The first-order valence-corrected chi connectivity index (χ1v) is 15.0. The Morgan fingerprint density at radius 3 is 2.19 bits per heavy atom. The van der Waals surface area contributed by atoms with Crippen molar-refractivity contribution in [1.29, 1.82) is 0 Å². The zero-order chi connectivity index (χ0) is 26.1. The average molecular weight is 499 g/mol. The number of ether oxygens (including phenoxy) is 2. The zero-order valence-electron chi connectivity index (χ0n) is 24.2. The van der Waals surface area contributed by atoms with Crippen molar-refractivity contribution in [2.24, 2.45) is 56.2 Å². The third kappa shape index (κ3) is 2.83. The van der Waals surface area contributed by atoms with E-state index in [-0.39, 0.29) is 56.6 Å². The van der Waals surface area contributed by atoms with Gasteiger partial charge >= 0.3 is 11.9 Å². The molecule has 5 saturated carbocycles. The lowest BCUT2D eigenvalue weighted by Gasteiger charge is -2.73. The molecule has 1 saturated heterocycles. The summed E-state index contributed by atoms with van der Waals surface area (Å²) in [6.45, 7) is 18.9. The Balaban J connectivity index is 1.36. The molecule has 1 aliphatic heterocycles. The predicted molar refractivity (Wildman–Crippen MR) is 140 cm³/mol. The van der Waals surface area contributed by atoms with Crippen LogP contribution in [-0.2, 0) is 19.1 Å². The fourth-order valence-corrected chi connectivity index (χ4v) is 12.2. The van der Waals surface area contributed by atoms with E-state index in [0.717, 1.165) is 32.1 Å². The van der Waals surface area contributed by atoms with Gasteiger partial charge in [-0.15, -0.1) is 0 Å². The summed E-state index contributed by atoms with van der Waals surface area (Å²) in [5.74, 6) is 2.23. The van der Waals surface area contributed by atoms with E-state index in [0.29, 0.717) is 23.7 Å². The van der Waals surface area contributed by atoms with Gasteiger partial charge in [0.2, 0.25) is 0 Å². The maximum Gasteiger partial charge on any atom is 0.312 e. The highest BCUT2D eigenvalue weighted by Gasteiger charge is 2.75. The van der Waals surface area contributed by atoms with Crippen molar-refractivity contribution in [3.8, 4) is 0 Å². The molecule has 2 bridgehead atoms. The highest BCUT2D eigenvalue weighted by atomic mass is 16.6. The van der Waals surface area contributed by atoms with E-state index in [1.165, 1.54) is 32.1 Å². The van der Waals surface area contributed by atoms with Gasteiger partial charge in [0.1, 0.15) is 12.2 Å². The van der Waals surface area contributed by atoms with Gasteiger partial charge in [-0.2, -0.15) is 0 Å². The van der Waals surface area contributed by atoms with E-state index < -0.39 is 0 Å². The lowest BCUT2D eigenvalue weighted by molar-refractivity contribution is -0.254. The molecule has 4 nitrogen and oxygen atoms in total. The lowest BCUT2D eigenvalue weighted by atomic mass is 9.31. The Bertz CT molecular complexity index is 983. The predicted octanol–water partition coefficient (Wildman–Crippen LogP) is 7.34. The summed E-state index contributed by atoms with van der Waals surface area (Å²) in [7, 11) is 0. The van der Waals surface area contributed by atoms with Crippen LogP contribution in [0, 0.1) is 56.2 Å². The molecule has 0 N–H and O–H groups in total. The normalized spacial score (nSPS) is 54.3. The number of fused-ring (bicyclic) bond motifs is 5. The van der Waals surface area contributed by atoms with E-state index in [1.807, 2.05) is 0 Å². The van der Waals surface area contributed by atoms with Crippen molar-refractivity contribution in [1.82, 2.24) is 0 Å². The summed E-state index contributed by atoms with van der Waals surface area (Å²) < 4.78 is 12.2. The van der Waals surface area contributed by atoms with Crippen molar-refractivity contribution in [3.05, 3.63) is 0 Å². The second kappa shape index (κ2) is 7.32. The molecule has 0 amide bonds. The molecular formula is C32H50O4. The first-order valence-electron chi connectivity index (χ1n) is 15.0. The lowest BCUT2D eigenvalue weighted by Crippen LogP contribution is -2.68. The molecule has 0 aromatic rings. The first-order chi connectivity index (χ1) is 16.6. The molecule has 0 aromatic carbocycles. The van der Waals surface area contributed by atoms with E-state index in [9.17, 15) is 9.59 Å². The molecule has 4 heteroatoms. The molecule has 0 radical (unpaired) electrons. The third-order valence-corrected chi connectivity index (χ3v) is 14.3. The minimum Gasteiger partial charge on any atom is -0.462 e. The second-order valence-corrected chi connectivity index (χ2v) is 16.1. The largest absolute Gasteiger partial charge is 0.462 e. The Kier molecular flexibility index (Phi) is 5.13. The SMILES string of the molecule is CC(=O)OC1CC[C@@]2(C)C(CC[C@]3(C)C2CCC2C4C5OC(=O)C4(CCC5(C)C)CC[C@@]23C)C1(C)C. The Hall–Kier alpha value is -1.06. The fraction of sp³-hybridized carbons (Fsp3) is 0.938. The van der Waals surface area contributed by atoms with Gasteiger partial charge in [-0.1, -0.05) is 48.5 Å². The van der Waals surface area contributed by atoms with Gasteiger partial charge in [0, 0.05) is 23.7 Å². The number of rotatable bonds is 1. The van der Waals surface area contributed by atoms with Crippen LogP contribution >= 0.6 is 0 Å². The second-order valence-electron chi connectivity index (χ2n) is 16.1. The summed E-state index contributed by atoms with van der Waals surface area (Å²) in [6.07, 6.45) is 11.6.